The number of alkyl halides is 2. The van der Waals surface area contributed by atoms with Crippen molar-refractivity contribution in [1.82, 2.24) is 0 Å². The Bertz CT molecular complexity index is 534. The van der Waals surface area contributed by atoms with Gasteiger partial charge < -0.3 is 15.2 Å². The number of ether oxygens (including phenoxy) is 1. The molecule has 1 amide bonds. The Morgan fingerprint density at radius 1 is 1.20 bits per heavy atom. The predicted molar refractivity (Wildman–Crippen MR) is 79.5 cm³/mol. The molecule has 2 N–H and O–H groups in total. The van der Waals surface area contributed by atoms with Crippen molar-refractivity contribution >= 4 is 55.4 Å². The fourth-order valence-electron chi connectivity index (χ4n) is 1.34. The van der Waals surface area contributed by atoms with Gasteiger partial charge >= 0.3 is 11.9 Å². The summed E-state index contributed by atoms with van der Waals surface area (Å²) >= 11 is 5.87. The van der Waals surface area contributed by atoms with Gasteiger partial charge in [0.1, 0.15) is 9.65 Å². The molecule has 0 saturated heterocycles. The number of hydrogen-bond acceptors (Lipinski definition) is 4. The van der Waals surface area contributed by atoms with Gasteiger partial charge in [-0.1, -0.05) is 44.0 Å². The maximum atomic E-state index is 11.9. The zero-order valence-electron chi connectivity index (χ0n) is 10.3. The Kier molecular flexibility index (Phi) is 6.15. The molecule has 1 rings (SSSR count). The van der Waals surface area contributed by atoms with E-state index in [4.69, 9.17) is 5.11 Å². The van der Waals surface area contributed by atoms with Gasteiger partial charge in [-0.2, -0.15) is 0 Å². The van der Waals surface area contributed by atoms with Crippen LogP contribution in [-0.4, -0.2) is 39.7 Å². The number of methoxy groups -OCH3 is 1. The first-order valence-electron chi connectivity index (χ1n) is 5.37. The van der Waals surface area contributed by atoms with Gasteiger partial charge in [-0.05, 0) is 12.1 Å². The molecule has 0 aliphatic carbocycles. The second kappa shape index (κ2) is 7.39. The lowest BCUT2D eigenvalue weighted by Crippen LogP contribution is -2.35. The number of hydrogen-bond donors (Lipinski definition) is 2. The molecule has 0 heterocycles. The van der Waals surface area contributed by atoms with E-state index in [1.54, 1.807) is 12.1 Å². The summed E-state index contributed by atoms with van der Waals surface area (Å²) in [6.07, 6.45) is 0. The van der Waals surface area contributed by atoms with Gasteiger partial charge in [0.2, 0.25) is 5.91 Å². The number of carbonyl (C=O) groups excluding carboxylic acids is 2. The van der Waals surface area contributed by atoms with Crippen LogP contribution in [0.1, 0.15) is 10.4 Å². The highest BCUT2D eigenvalue weighted by molar-refractivity contribution is 9.12. The van der Waals surface area contributed by atoms with Crippen LogP contribution in [0, 0.1) is 0 Å². The predicted octanol–water partition coefficient (Wildman–Crippen LogP) is 2.02. The second-order valence-electron chi connectivity index (χ2n) is 3.67. The van der Waals surface area contributed by atoms with Crippen LogP contribution in [0.5, 0.6) is 0 Å². The molecular weight excluding hydrogens is 398 g/mol. The number of halogens is 2. The molecule has 0 radical (unpaired) electrons. The number of amides is 1. The number of benzene rings is 1. The van der Waals surface area contributed by atoms with Crippen LogP contribution in [0.3, 0.4) is 0 Å². The summed E-state index contributed by atoms with van der Waals surface area (Å²) in [5.74, 6) is -2.37. The highest BCUT2D eigenvalue weighted by Gasteiger charge is 2.29. The maximum Gasteiger partial charge on any atom is 0.339 e. The van der Waals surface area contributed by atoms with Gasteiger partial charge in [0.15, 0.2) is 0 Å². The van der Waals surface area contributed by atoms with E-state index in [0.29, 0.717) is 0 Å². The van der Waals surface area contributed by atoms with E-state index < -0.39 is 27.5 Å². The molecule has 108 valence electrons. The van der Waals surface area contributed by atoms with Gasteiger partial charge in [0, 0.05) is 0 Å². The summed E-state index contributed by atoms with van der Waals surface area (Å²) in [5.41, 5.74) is 0.434. The highest BCUT2D eigenvalue weighted by Crippen LogP contribution is 2.20. The third kappa shape index (κ3) is 4.04. The smallest absolute Gasteiger partial charge is 0.339 e. The van der Waals surface area contributed by atoms with Crippen LogP contribution in [0.15, 0.2) is 24.3 Å². The summed E-state index contributed by atoms with van der Waals surface area (Å²) in [4.78, 5) is 32.2. The van der Waals surface area contributed by atoms with Crippen LogP contribution >= 0.6 is 31.9 Å². The normalized spacial score (nSPS) is 13.2. The van der Waals surface area contributed by atoms with E-state index in [-0.39, 0.29) is 11.3 Å². The molecule has 0 fully saturated rings. The molecule has 8 heteroatoms. The molecule has 0 aliphatic heterocycles. The largest absolute Gasteiger partial charge is 0.480 e. The Morgan fingerprint density at radius 3 is 2.35 bits per heavy atom. The molecule has 0 bridgehead atoms. The number of rotatable bonds is 5. The fraction of sp³-hybridized carbons (Fsp3) is 0.250. The lowest BCUT2D eigenvalue weighted by molar-refractivity contribution is -0.137. The molecule has 20 heavy (non-hydrogen) atoms. The van der Waals surface area contributed by atoms with Gasteiger partial charge in [0.05, 0.1) is 18.4 Å². The van der Waals surface area contributed by atoms with Crippen molar-refractivity contribution in [3.8, 4) is 0 Å². The van der Waals surface area contributed by atoms with Crippen molar-refractivity contribution in [3.05, 3.63) is 29.8 Å². The van der Waals surface area contributed by atoms with E-state index >= 15 is 0 Å². The number of para-hydroxylation sites is 1. The van der Waals surface area contributed by atoms with E-state index in [1.807, 2.05) is 0 Å². The van der Waals surface area contributed by atoms with Crippen LogP contribution in [0.25, 0.3) is 0 Å². The number of carboxylic acid groups (broad SMARTS) is 1. The number of aliphatic carboxylic acids is 1. The third-order valence-electron chi connectivity index (χ3n) is 2.33. The molecule has 1 aromatic rings. The first kappa shape index (κ1) is 16.6. The summed E-state index contributed by atoms with van der Waals surface area (Å²) in [5, 5.41) is 11.3. The average Bonchev–Trinajstić information content (AvgIpc) is 2.45. The summed E-state index contributed by atoms with van der Waals surface area (Å²) < 4.78 is 4.60. The summed E-state index contributed by atoms with van der Waals surface area (Å²) in [6.45, 7) is 0. The number of anilines is 1. The van der Waals surface area contributed by atoms with Gasteiger partial charge in [-0.25, -0.2) is 4.79 Å². The minimum absolute atomic E-state index is 0.185. The number of esters is 1. The Morgan fingerprint density at radius 2 is 1.80 bits per heavy atom. The van der Waals surface area contributed by atoms with Gasteiger partial charge in [-0.3, -0.25) is 9.59 Å². The maximum absolute atomic E-state index is 11.9. The SMILES string of the molecule is COC(=O)c1ccccc1NC(=O)[C@H](Br)[C@@H](Br)C(=O)O. The van der Waals surface area contributed by atoms with Crippen LogP contribution in [0.2, 0.25) is 0 Å². The number of carbonyl (C=O) groups is 3. The molecular formula is C12H11Br2NO5. The van der Waals surface area contributed by atoms with Crippen LogP contribution < -0.4 is 5.32 Å². The number of nitrogens with one attached hydrogen (secondary N) is 1. The lowest BCUT2D eigenvalue weighted by Gasteiger charge is -2.14. The topological polar surface area (TPSA) is 92.7 Å². The summed E-state index contributed by atoms with van der Waals surface area (Å²) in [6, 6.07) is 6.27. The van der Waals surface area contributed by atoms with Gasteiger partial charge in [0.25, 0.3) is 0 Å². The van der Waals surface area contributed by atoms with E-state index in [0.717, 1.165) is 0 Å². The molecule has 0 aliphatic rings. The molecule has 6 nitrogen and oxygen atoms in total. The monoisotopic (exact) mass is 407 g/mol. The first-order valence-corrected chi connectivity index (χ1v) is 7.20. The van der Waals surface area contributed by atoms with Gasteiger partial charge in [-0.15, -0.1) is 0 Å². The molecule has 0 spiro atoms. The quantitative estimate of drug-likeness (QED) is 0.574. The highest BCUT2D eigenvalue weighted by atomic mass is 79.9. The fourth-order valence-corrected chi connectivity index (χ4v) is 1.92. The number of carboxylic acids is 1. The molecule has 2 atom stereocenters. The molecule has 0 aromatic heterocycles. The van der Waals surface area contributed by atoms with E-state index in [2.05, 4.69) is 41.9 Å². The zero-order chi connectivity index (χ0) is 15.3. The van der Waals surface area contributed by atoms with Crippen molar-refractivity contribution in [2.24, 2.45) is 0 Å². The van der Waals surface area contributed by atoms with Crippen molar-refractivity contribution in [1.29, 1.82) is 0 Å². The average molecular weight is 409 g/mol. The molecule has 0 saturated carbocycles. The Balaban J connectivity index is 2.91. The van der Waals surface area contributed by atoms with E-state index in [9.17, 15) is 14.4 Å². The van der Waals surface area contributed by atoms with Crippen molar-refractivity contribution in [2.75, 3.05) is 12.4 Å². The van der Waals surface area contributed by atoms with Crippen molar-refractivity contribution in [2.45, 2.75) is 9.65 Å². The first-order chi connectivity index (χ1) is 9.38. The third-order valence-corrected chi connectivity index (χ3v) is 4.91. The summed E-state index contributed by atoms with van der Waals surface area (Å²) in [7, 11) is 1.23. The Labute approximate surface area is 131 Å². The molecule has 1 aromatic carbocycles. The van der Waals surface area contributed by atoms with Crippen molar-refractivity contribution < 1.29 is 24.2 Å². The Hall–Kier alpha value is -1.41. The minimum atomic E-state index is -1.18. The zero-order valence-corrected chi connectivity index (χ0v) is 13.5. The van der Waals surface area contributed by atoms with Crippen LogP contribution in [-0.2, 0) is 14.3 Å². The minimum Gasteiger partial charge on any atom is -0.480 e. The molecule has 0 unspecified atom stereocenters. The van der Waals surface area contributed by atoms with Crippen LogP contribution in [0.4, 0.5) is 5.69 Å². The standard InChI is InChI=1S/C12H11Br2NO5/c1-20-12(19)6-4-2-3-5-7(6)15-10(16)8(13)9(14)11(17)18/h2-5,8-9H,1H3,(H,15,16)(H,17,18)/t8-,9-/m1/s1. The van der Waals surface area contributed by atoms with Crippen molar-refractivity contribution in [3.63, 3.8) is 0 Å². The van der Waals surface area contributed by atoms with E-state index in [1.165, 1.54) is 19.2 Å². The second-order valence-corrected chi connectivity index (χ2v) is 5.64. The lowest BCUT2D eigenvalue weighted by atomic mass is 10.1.